The van der Waals surface area contributed by atoms with Crippen LogP contribution in [0.5, 0.6) is 5.75 Å². The van der Waals surface area contributed by atoms with Crippen molar-refractivity contribution in [2.75, 3.05) is 11.9 Å². The van der Waals surface area contributed by atoms with Crippen molar-refractivity contribution in [3.05, 3.63) is 24.3 Å². The van der Waals surface area contributed by atoms with E-state index in [1.54, 1.807) is 0 Å². The number of benzene rings is 1. The molecule has 0 aromatic heterocycles. The van der Waals surface area contributed by atoms with E-state index in [1.165, 1.54) is 0 Å². The normalized spacial score (nSPS) is 13.1. The molecule has 0 aliphatic heterocycles. The molecule has 0 saturated carbocycles. The van der Waals surface area contributed by atoms with Crippen molar-refractivity contribution in [1.82, 2.24) is 0 Å². The summed E-state index contributed by atoms with van der Waals surface area (Å²) in [5.41, 5.74) is 6.45. The zero-order valence-electron chi connectivity index (χ0n) is 11.7. The lowest BCUT2D eigenvalue weighted by molar-refractivity contribution is -0.119. The van der Waals surface area contributed by atoms with Crippen molar-refractivity contribution in [2.45, 2.75) is 33.2 Å². The number of rotatable bonds is 6. The molecule has 1 rings (SSSR count). The van der Waals surface area contributed by atoms with Gasteiger partial charge >= 0.3 is 0 Å². The number of anilines is 1. The van der Waals surface area contributed by atoms with Gasteiger partial charge in [-0.1, -0.05) is 13.8 Å². The van der Waals surface area contributed by atoms with Crippen molar-refractivity contribution in [2.24, 2.45) is 11.7 Å². The second kappa shape index (κ2) is 8.77. The fourth-order valence-electron chi connectivity index (χ4n) is 1.35. The number of nitrogens with one attached hydrogen (secondary N) is 1. The number of hydrogen-bond acceptors (Lipinski definition) is 3. The monoisotopic (exact) mass is 286 g/mol. The molecule has 2 unspecified atom stereocenters. The molecule has 1 amide bonds. The van der Waals surface area contributed by atoms with E-state index in [0.29, 0.717) is 6.61 Å². The lowest BCUT2D eigenvalue weighted by atomic mass is 10.0. The SMILES string of the molecule is CCCOc1ccc(NC(=O)C(C)C(C)N)cc1.Cl. The van der Waals surface area contributed by atoms with Crippen molar-refractivity contribution >= 4 is 24.0 Å². The molecular formula is C14H23ClN2O2. The molecule has 0 aliphatic carbocycles. The topological polar surface area (TPSA) is 64.3 Å². The first kappa shape index (κ1) is 17.7. The first-order chi connectivity index (χ1) is 8.54. The minimum Gasteiger partial charge on any atom is -0.494 e. The lowest BCUT2D eigenvalue weighted by Crippen LogP contribution is -2.34. The number of carbonyl (C=O) groups is 1. The molecule has 3 N–H and O–H groups in total. The first-order valence-electron chi connectivity index (χ1n) is 6.34. The van der Waals surface area contributed by atoms with Crippen LogP contribution in [0, 0.1) is 5.92 Å². The molecule has 5 heteroatoms. The molecule has 4 nitrogen and oxygen atoms in total. The van der Waals surface area contributed by atoms with Gasteiger partial charge in [0.05, 0.1) is 12.5 Å². The van der Waals surface area contributed by atoms with Crippen LogP contribution in [0.3, 0.4) is 0 Å². The minimum atomic E-state index is -0.207. The van der Waals surface area contributed by atoms with Gasteiger partial charge in [-0.05, 0) is 37.6 Å². The van der Waals surface area contributed by atoms with Crippen LogP contribution >= 0.6 is 12.4 Å². The Hall–Kier alpha value is -1.26. The Kier molecular flexibility index (Phi) is 8.19. The van der Waals surface area contributed by atoms with Crippen LogP contribution in [-0.4, -0.2) is 18.6 Å². The Labute approximate surface area is 121 Å². The van der Waals surface area contributed by atoms with Gasteiger partial charge in [0, 0.05) is 11.7 Å². The maximum atomic E-state index is 11.8. The van der Waals surface area contributed by atoms with E-state index in [1.807, 2.05) is 38.1 Å². The first-order valence-corrected chi connectivity index (χ1v) is 6.34. The third-order valence-electron chi connectivity index (χ3n) is 2.80. The van der Waals surface area contributed by atoms with Gasteiger partial charge in [0.25, 0.3) is 0 Å². The van der Waals surface area contributed by atoms with Gasteiger partial charge in [0.15, 0.2) is 0 Å². The third-order valence-corrected chi connectivity index (χ3v) is 2.80. The Morgan fingerprint density at radius 2 is 1.89 bits per heavy atom. The molecule has 0 radical (unpaired) electrons. The highest BCUT2D eigenvalue weighted by molar-refractivity contribution is 5.92. The Morgan fingerprint density at radius 3 is 2.37 bits per heavy atom. The lowest BCUT2D eigenvalue weighted by Gasteiger charge is -2.15. The minimum absolute atomic E-state index is 0. The molecule has 0 aliphatic rings. The second-order valence-electron chi connectivity index (χ2n) is 4.51. The third kappa shape index (κ3) is 5.94. The molecule has 0 bridgehead atoms. The molecule has 2 atom stereocenters. The van der Waals surface area contributed by atoms with E-state index in [2.05, 4.69) is 12.2 Å². The largest absolute Gasteiger partial charge is 0.494 e. The summed E-state index contributed by atoms with van der Waals surface area (Å²) in [5.74, 6) is 0.545. The van der Waals surface area contributed by atoms with Crippen LogP contribution in [0.25, 0.3) is 0 Å². The summed E-state index contributed by atoms with van der Waals surface area (Å²) in [7, 11) is 0. The predicted molar refractivity (Wildman–Crippen MR) is 80.9 cm³/mol. The Morgan fingerprint density at radius 1 is 1.32 bits per heavy atom. The van der Waals surface area contributed by atoms with Crippen LogP contribution in [0.2, 0.25) is 0 Å². The van der Waals surface area contributed by atoms with Gasteiger partial charge in [0.1, 0.15) is 5.75 Å². The molecule has 0 spiro atoms. The average molecular weight is 287 g/mol. The van der Waals surface area contributed by atoms with Gasteiger partial charge in [-0.15, -0.1) is 12.4 Å². The highest BCUT2D eigenvalue weighted by atomic mass is 35.5. The summed E-state index contributed by atoms with van der Waals surface area (Å²) in [6.07, 6.45) is 0.977. The van der Waals surface area contributed by atoms with E-state index in [4.69, 9.17) is 10.5 Å². The second-order valence-corrected chi connectivity index (χ2v) is 4.51. The standard InChI is InChI=1S/C14H22N2O2.ClH/c1-4-9-18-13-7-5-12(6-8-13)16-14(17)10(2)11(3)15;/h5-8,10-11H,4,9,15H2,1-3H3,(H,16,17);1H. The number of carbonyl (C=O) groups excluding carboxylic acids is 1. The fraction of sp³-hybridized carbons (Fsp3) is 0.500. The van der Waals surface area contributed by atoms with E-state index in [-0.39, 0.29) is 30.3 Å². The maximum Gasteiger partial charge on any atom is 0.228 e. The zero-order chi connectivity index (χ0) is 13.5. The molecule has 0 saturated heterocycles. The van der Waals surface area contributed by atoms with Crippen molar-refractivity contribution < 1.29 is 9.53 Å². The molecular weight excluding hydrogens is 264 g/mol. The summed E-state index contributed by atoms with van der Waals surface area (Å²) < 4.78 is 5.47. The van der Waals surface area contributed by atoms with Gasteiger partial charge in [-0.2, -0.15) is 0 Å². The van der Waals surface area contributed by atoms with E-state index < -0.39 is 0 Å². The van der Waals surface area contributed by atoms with Gasteiger partial charge in [-0.3, -0.25) is 4.79 Å². The number of hydrogen-bond donors (Lipinski definition) is 2. The summed E-state index contributed by atoms with van der Waals surface area (Å²) in [6.45, 7) is 6.40. The molecule has 108 valence electrons. The number of halogens is 1. The van der Waals surface area contributed by atoms with E-state index in [0.717, 1.165) is 17.9 Å². The van der Waals surface area contributed by atoms with Crippen LogP contribution in [-0.2, 0) is 4.79 Å². The van der Waals surface area contributed by atoms with Gasteiger partial charge in [-0.25, -0.2) is 0 Å². The van der Waals surface area contributed by atoms with Crippen LogP contribution in [0.15, 0.2) is 24.3 Å². The fourth-order valence-corrected chi connectivity index (χ4v) is 1.35. The number of nitrogens with two attached hydrogens (primary N) is 1. The summed E-state index contributed by atoms with van der Waals surface area (Å²) in [6, 6.07) is 7.20. The number of ether oxygens (including phenoxy) is 1. The van der Waals surface area contributed by atoms with Crippen LogP contribution in [0.4, 0.5) is 5.69 Å². The Balaban J connectivity index is 0.00000324. The highest BCUT2D eigenvalue weighted by Crippen LogP contribution is 2.16. The predicted octanol–water partition coefficient (Wildman–Crippen LogP) is 2.82. The smallest absolute Gasteiger partial charge is 0.228 e. The molecule has 0 heterocycles. The summed E-state index contributed by atoms with van der Waals surface area (Å²) in [5, 5.41) is 2.83. The molecule has 19 heavy (non-hydrogen) atoms. The molecule has 0 fully saturated rings. The molecule has 1 aromatic carbocycles. The number of amides is 1. The maximum absolute atomic E-state index is 11.8. The van der Waals surface area contributed by atoms with Crippen LogP contribution < -0.4 is 15.8 Å². The van der Waals surface area contributed by atoms with Crippen molar-refractivity contribution in [3.8, 4) is 5.75 Å². The van der Waals surface area contributed by atoms with Crippen LogP contribution in [0.1, 0.15) is 27.2 Å². The average Bonchev–Trinajstić information content (AvgIpc) is 2.36. The van der Waals surface area contributed by atoms with Crippen molar-refractivity contribution in [3.63, 3.8) is 0 Å². The van der Waals surface area contributed by atoms with Gasteiger partial charge in [0.2, 0.25) is 5.91 Å². The summed E-state index contributed by atoms with van der Waals surface area (Å²) >= 11 is 0. The summed E-state index contributed by atoms with van der Waals surface area (Å²) in [4.78, 5) is 11.8. The highest BCUT2D eigenvalue weighted by Gasteiger charge is 2.16. The quantitative estimate of drug-likeness (QED) is 0.845. The van der Waals surface area contributed by atoms with E-state index >= 15 is 0 Å². The van der Waals surface area contributed by atoms with Gasteiger partial charge < -0.3 is 15.8 Å². The Bertz CT molecular complexity index is 380. The zero-order valence-corrected chi connectivity index (χ0v) is 12.5. The van der Waals surface area contributed by atoms with E-state index in [9.17, 15) is 4.79 Å². The molecule has 1 aromatic rings. The van der Waals surface area contributed by atoms with Crippen molar-refractivity contribution in [1.29, 1.82) is 0 Å².